The molecule has 0 radical (unpaired) electrons. The molecular formula is C19H14BrFN2O3S. The van der Waals surface area contributed by atoms with E-state index in [0.717, 1.165) is 22.9 Å². The Kier molecular flexibility index (Phi) is 6.08. The van der Waals surface area contributed by atoms with Gasteiger partial charge in [-0.25, -0.2) is 4.39 Å². The van der Waals surface area contributed by atoms with Gasteiger partial charge in [-0.05, 0) is 69.2 Å². The van der Waals surface area contributed by atoms with Crippen LogP contribution in [0.25, 0.3) is 6.08 Å². The number of ether oxygens (including phenoxy) is 1. The summed E-state index contributed by atoms with van der Waals surface area (Å²) in [4.78, 5) is 27.2. The highest BCUT2D eigenvalue weighted by molar-refractivity contribution is 9.10. The van der Waals surface area contributed by atoms with Crippen LogP contribution in [0.1, 0.15) is 18.1 Å². The molecule has 2 aromatic carbocycles. The van der Waals surface area contributed by atoms with Crippen molar-refractivity contribution >= 4 is 50.7 Å². The van der Waals surface area contributed by atoms with Gasteiger partial charge in [-0.2, -0.15) is 4.99 Å². The Morgan fingerprint density at radius 1 is 1.33 bits per heavy atom. The number of aliphatic imine (C=N–C) groups is 1. The molecule has 0 atom stereocenters. The Hall–Kier alpha value is -2.45. The Bertz CT molecular complexity index is 975. The molecule has 0 saturated heterocycles. The fraction of sp³-hybridized carbons (Fsp3) is 0.105. The van der Waals surface area contributed by atoms with Crippen molar-refractivity contribution in [3.05, 3.63) is 68.8 Å². The molecule has 5 nitrogen and oxygen atoms in total. The summed E-state index contributed by atoms with van der Waals surface area (Å²) >= 11 is 4.55. The van der Waals surface area contributed by atoms with Gasteiger partial charge in [-0.1, -0.05) is 18.2 Å². The van der Waals surface area contributed by atoms with Gasteiger partial charge >= 0.3 is 0 Å². The van der Waals surface area contributed by atoms with Crippen molar-refractivity contribution in [1.82, 2.24) is 5.32 Å². The first-order chi connectivity index (χ1) is 12.9. The lowest BCUT2D eigenvalue weighted by molar-refractivity contribution is -0.117. The first-order valence-corrected chi connectivity index (χ1v) is 9.48. The number of nitrogens with zero attached hydrogens (tertiary/aromatic N) is 1. The fourth-order valence-corrected chi connectivity index (χ4v) is 3.65. The van der Waals surface area contributed by atoms with Gasteiger partial charge in [0.15, 0.2) is 5.17 Å². The Morgan fingerprint density at radius 3 is 2.85 bits per heavy atom. The molecule has 0 unspecified atom stereocenters. The number of thioether (sulfide) groups is 1. The molecule has 2 aromatic rings. The van der Waals surface area contributed by atoms with E-state index in [4.69, 9.17) is 4.74 Å². The van der Waals surface area contributed by atoms with Gasteiger partial charge in [0.1, 0.15) is 18.2 Å². The molecule has 0 spiro atoms. The quantitative estimate of drug-likeness (QED) is 0.708. The summed E-state index contributed by atoms with van der Waals surface area (Å²) in [6.07, 6.45) is 1.69. The minimum absolute atomic E-state index is 0.235. The van der Waals surface area contributed by atoms with Gasteiger partial charge in [0.25, 0.3) is 5.91 Å². The van der Waals surface area contributed by atoms with Crippen molar-refractivity contribution in [3.8, 4) is 5.75 Å². The van der Waals surface area contributed by atoms with E-state index in [0.29, 0.717) is 15.1 Å². The number of carbonyl (C=O) groups is 2. The summed E-state index contributed by atoms with van der Waals surface area (Å²) < 4.78 is 19.6. The molecule has 0 bridgehead atoms. The van der Waals surface area contributed by atoms with Gasteiger partial charge in [-0.3, -0.25) is 9.59 Å². The summed E-state index contributed by atoms with van der Waals surface area (Å²) in [5.74, 6) is -0.386. The van der Waals surface area contributed by atoms with E-state index in [2.05, 4.69) is 26.2 Å². The standard InChI is InChI=1S/C19H14BrFN2O3S/c1-11(24)22-19-23-18(25)17(27-19)9-12-5-6-16(15(20)8-12)26-10-13-3-2-4-14(21)7-13/h2-9H,10H2,1H3,(H,22,23,24,25). The molecule has 2 amide bonds. The van der Waals surface area contributed by atoms with E-state index in [1.807, 2.05) is 0 Å². The molecule has 0 aromatic heterocycles. The smallest absolute Gasteiger partial charge is 0.286 e. The van der Waals surface area contributed by atoms with E-state index < -0.39 is 5.91 Å². The van der Waals surface area contributed by atoms with Gasteiger partial charge in [0, 0.05) is 6.92 Å². The van der Waals surface area contributed by atoms with Crippen LogP contribution >= 0.6 is 27.7 Å². The van der Waals surface area contributed by atoms with Crippen molar-refractivity contribution in [2.75, 3.05) is 0 Å². The van der Waals surface area contributed by atoms with Crippen LogP contribution in [-0.2, 0) is 16.2 Å². The fourth-order valence-electron chi connectivity index (χ4n) is 2.28. The van der Waals surface area contributed by atoms with Gasteiger partial charge < -0.3 is 10.1 Å². The normalized spacial score (nSPS) is 15.0. The van der Waals surface area contributed by atoms with E-state index in [-0.39, 0.29) is 23.5 Å². The first-order valence-electron chi connectivity index (χ1n) is 7.87. The summed E-state index contributed by atoms with van der Waals surface area (Å²) in [5, 5.41) is 2.77. The minimum atomic E-state index is -0.397. The van der Waals surface area contributed by atoms with Crippen molar-refractivity contribution in [1.29, 1.82) is 0 Å². The predicted molar refractivity (Wildman–Crippen MR) is 107 cm³/mol. The van der Waals surface area contributed by atoms with Crippen molar-refractivity contribution < 1.29 is 18.7 Å². The summed E-state index contributed by atoms with van der Waals surface area (Å²) in [7, 11) is 0. The number of hydrogen-bond donors (Lipinski definition) is 1. The molecule has 0 fully saturated rings. The zero-order valence-electron chi connectivity index (χ0n) is 14.2. The zero-order chi connectivity index (χ0) is 19.4. The maximum Gasteiger partial charge on any atom is 0.286 e. The topological polar surface area (TPSA) is 67.8 Å². The maximum atomic E-state index is 13.2. The minimum Gasteiger partial charge on any atom is -0.488 e. The number of hydrogen-bond acceptors (Lipinski definition) is 4. The molecule has 1 N–H and O–H groups in total. The monoisotopic (exact) mass is 448 g/mol. The van der Waals surface area contributed by atoms with Crippen LogP contribution in [-0.4, -0.2) is 17.0 Å². The highest BCUT2D eigenvalue weighted by Crippen LogP contribution is 2.31. The van der Waals surface area contributed by atoms with Crippen LogP contribution < -0.4 is 10.1 Å². The lowest BCUT2D eigenvalue weighted by Gasteiger charge is -2.09. The summed E-state index contributed by atoms with van der Waals surface area (Å²) in [5.41, 5.74) is 1.50. The Balaban J connectivity index is 1.68. The molecule has 3 rings (SSSR count). The number of rotatable bonds is 4. The number of carbonyl (C=O) groups excluding carboxylic acids is 2. The zero-order valence-corrected chi connectivity index (χ0v) is 16.6. The van der Waals surface area contributed by atoms with Crippen LogP contribution in [0.3, 0.4) is 0 Å². The highest BCUT2D eigenvalue weighted by Gasteiger charge is 2.22. The molecule has 27 heavy (non-hydrogen) atoms. The van der Waals surface area contributed by atoms with Crippen LogP contribution in [0.5, 0.6) is 5.75 Å². The Morgan fingerprint density at radius 2 is 2.15 bits per heavy atom. The first kappa shape index (κ1) is 19.3. The van der Waals surface area contributed by atoms with Crippen LogP contribution in [0.2, 0.25) is 0 Å². The second-order valence-electron chi connectivity index (χ2n) is 5.62. The lowest BCUT2D eigenvalue weighted by Crippen LogP contribution is -2.23. The van der Waals surface area contributed by atoms with Crippen LogP contribution in [0.15, 0.2) is 56.8 Å². The Labute approximate surface area is 167 Å². The van der Waals surface area contributed by atoms with Crippen LogP contribution in [0, 0.1) is 5.82 Å². The molecule has 1 aliphatic rings. The molecule has 138 valence electrons. The predicted octanol–water partition coefficient (Wildman–Crippen LogP) is 4.27. The molecule has 0 aliphatic carbocycles. The number of halogens is 2. The molecule has 1 aliphatic heterocycles. The average Bonchev–Trinajstić information content (AvgIpc) is 2.92. The second kappa shape index (κ2) is 8.49. The molecule has 0 saturated carbocycles. The van der Waals surface area contributed by atoms with Crippen molar-refractivity contribution in [2.45, 2.75) is 13.5 Å². The second-order valence-corrected chi connectivity index (χ2v) is 7.51. The van der Waals surface area contributed by atoms with E-state index in [1.54, 1.807) is 36.4 Å². The SMILES string of the molecule is CC(=O)NC1=NC(=O)C(=Cc2ccc(OCc3cccc(F)c3)c(Br)c2)S1. The summed E-state index contributed by atoms with van der Waals surface area (Å²) in [6.45, 7) is 1.59. The molecular weight excluding hydrogens is 435 g/mol. The third-order valence-electron chi connectivity index (χ3n) is 3.44. The number of nitrogens with one attached hydrogen (secondary N) is 1. The molecule has 8 heteroatoms. The van der Waals surface area contributed by atoms with Crippen molar-refractivity contribution in [3.63, 3.8) is 0 Å². The van der Waals surface area contributed by atoms with E-state index in [1.165, 1.54) is 19.1 Å². The van der Waals surface area contributed by atoms with Gasteiger partial charge in [0.05, 0.1) is 9.38 Å². The number of amides is 2. The molecule has 1 heterocycles. The van der Waals surface area contributed by atoms with E-state index in [9.17, 15) is 14.0 Å². The van der Waals surface area contributed by atoms with Gasteiger partial charge in [0.2, 0.25) is 5.91 Å². The number of amidine groups is 1. The summed E-state index contributed by atoms with van der Waals surface area (Å²) in [6, 6.07) is 11.6. The third kappa shape index (κ3) is 5.27. The van der Waals surface area contributed by atoms with Crippen LogP contribution in [0.4, 0.5) is 4.39 Å². The third-order valence-corrected chi connectivity index (χ3v) is 4.96. The van der Waals surface area contributed by atoms with Crippen molar-refractivity contribution in [2.24, 2.45) is 4.99 Å². The maximum absolute atomic E-state index is 13.2. The highest BCUT2D eigenvalue weighted by atomic mass is 79.9. The average molecular weight is 449 g/mol. The largest absolute Gasteiger partial charge is 0.488 e. The lowest BCUT2D eigenvalue weighted by atomic mass is 10.2. The van der Waals surface area contributed by atoms with E-state index >= 15 is 0 Å². The van der Waals surface area contributed by atoms with Gasteiger partial charge in [-0.15, -0.1) is 0 Å². The number of benzene rings is 2.